The van der Waals surface area contributed by atoms with Gasteiger partial charge >= 0.3 is 0 Å². The van der Waals surface area contributed by atoms with Crippen molar-refractivity contribution in [3.8, 4) is 6.07 Å². The van der Waals surface area contributed by atoms with Crippen molar-refractivity contribution >= 4 is 21.7 Å². The normalized spacial score (nSPS) is 18.8. The molecule has 0 atom stereocenters. The first-order valence-corrected chi connectivity index (χ1v) is 6.42. The summed E-state index contributed by atoms with van der Waals surface area (Å²) in [6, 6.07) is 4.35. The molecule has 1 aromatic heterocycles. The topological polar surface area (TPSA) is 53.8 Å². The molecule has 0 amide bonds. The molecule has 0 radical (unpaired) electrons. The average molecular weight is 293 g/mol. The maximum atomic E-state index is 11.3. The summed E-state index contributed by atoms with van der Waals surface area (Å²) in [6.07, 6.45) is 3.89. The first kappa shape index (κ1) is 12.3. The molecule has 1 aliphatic rings. The van der Waals surface area contributed by atoms with Gasteiger partial charge in [-0.1, -0.05) is 0 Å². The monoisotopic (exact) mass is 292 g/mol. The van der Waals surface area contributed by atoms with Gasteiger partial charge in [-0.05, 0) is 47.3 Å². The van der Waals surface area contributed by atoms with Crippen LogP contribution in [-0.4, -0.2) is 10.8 Å². The lowest BCUT2D eigenvalue weighted by atomic mass is 9.71. The molecule has 0 N–H and O–H groups in total. The van der Waals surface area contributed by atoms with Gasteiger partial charge in [-0.3, -0.25) is 9.78 Å². The van der Waals surface area contributed by atoms with E-state index in [0.717, 1.165) is 15.7 Å². The van der Waals surface area contributed by atoms with E-state index in [9.17, 15) is 10.1 Å². The van der Waals surface area contributed by atoms with Gasteiger partial charge in [0.2, 0.25) is 0 Å². The molecule has 0 aromatic carbocycles. The highest BCUT2D eigenvalue weighted by Gasteiger charge is 2.38. The molecule has 1 aliphatic carbocycles. The summed E-state index contributed by atoms with van der Waals surface area (Å²) < 4.78 is 0.915. The molecule has 0 aliphatic heterocycles. The van der Waals surface area contributed by atoms with E-state index < -0.39 is 5.41 Å². The van der Waals surface area contributed by atoms with Crippen LogP contribution in [0.3, 0.4) is 0 Å². The molecule has 2 rings (SSSR count). The van der Waals surface area contributed by atoms with Crippen molar-refractivity contribution in [1.82, 2.24) is 4.98 Å². The van der Waals surface area contributed by atoms with Crippen LogP contribution in [0.5, 0.6) is 0 Å². The van der Waals surface area contributed by atoms with Crippen molar-refractivity contribution in [2.45, 2.75) is 38.0 Å². The van der Waals surface area contributed by atoms with E-state index in [1.54, 1.807) is 6.20 Å². The van der Waals surface area contributed by atoms with Crippen LogP contribution in [0.25, 0.3) is 0 Å². The summed E-state index contributed by atoms with van der Waals surface area (Å²) in [5.41, 5.74) is 1.27. The van der Waals surface area contributed by atoms with Crippen LogP contribution in [0.15, 0.2) is 16.7 Å². The number of pyridine rings is 1. The molecule has 1 heterocycles. The predicted octanol–water partition coefficient (Wildman–Crippen LogP) is 3.06. The van der Waals surface area contributed by atoms with Gasteiger partial charge in [0.15, 0.2) is 0 Å². The van der Waals surface area contributed by atoms with Gasteiger partial charge in [0.25, 0.3) is 0 Å². The van der Waals surface area contributed by atoms with Crippen LogP contribution in [0, 0.1) is 18.3 Å². The zero-order valence-corrected chi connectivity index (χ0v) is 11.2. The molecule has 0 spiro atoms. The van der Waals surface area contributed by atoms with Gasteiger partial charge in [-0.25, -0.2) is 0 Å². The van der Waals surface area contributed by atoms with E-state index >= 15 is 0 Å². The molecule has 0 unspecified atom stereocenters. The number of nitrogens with zero attached hydrogens (tertiary/aromatic N) is 2. The molecule has 3 nitrogen and oxygen atoms in total. The number of carbonyl (C=O) groups excluding carboxylic acids is 1. The highest BCUT2D eigenvalue weighted by molar-refractivity contribution is 9.10. The minimum atomic E-state index is -0.571. The summed E-state index contributed by atoms with van der Waals surface area (Å²) in [6.45, 7) is 1.96. The lowest BCUT2D eigenvalue weighted by Crippen LogP contribution is -2.32. The van der Waals surface area contributed by atoms with Gasteiger partial charge in [-0.15, -0.1) is 0 Å². The van der Waals surface area contributed by atoms with Crippen LogP contribution in [0.4, 0.5) is 0 Å². The van der Waals surface area contributed by atoms with Crippen LogP contribution in [0.1, 0.15) is 36.9 Å². The Bertz CT molecular complexity index is 495. The number of carbonyl (C=O) groups is 1. The zero-order chi connectivity index (χ0) is 12.5. The van der Waals surface area contributed by atoms with E-state index in [0.29, 0.717) is 25.7 Å². The van der Waals surface area contributed by atoms with Crippen LogP contribution < -0.4 is 0 Å². The summed E-state index contributed by atoms with van der Waals surface area (Å²) in [5.74, 6) is 0.255. The minimum Gasteiger partial charge on any atom is -0.300 e. The lowest BCUT2D eigenvalue weighted by molar-refractivity contribution is -0.121. The predicted molar refractivity (Wildman–Crippen MR) is 67.4 cm³/mol. The number of ketones is 1. The van der Waals surface area contributed by atoms with E-state index in [2.05, 4.69) is 27.0 Å². The zero-order valence-electron chi connectivity index (χ0n) is 9.66. The standard InChI is InChI=1S/C13H13BrN2O/c1-9-6-10(14)7-16-12(9)13(8-15)4-2-11(17)3-5-13/h6-7H,2-5H2,1H3. The molecular weight excluding hydrogens is 280 g/mol. The number of hydrogen-bond donors (Lipinski definition) is 0. The Hall–Kier alpha value is -1.21. The summed E-state index contributed by atoms with van der Waals surface area (Å²) >= 11 is 3.37. The van der Waals surface area contributed by atoms with Gasteiger partial charge in [0.1, 0.15) is 11.2 Å². The summed E-state index contributed by atoms with van der Waals surface area (Å²) in [4.78, 5) is 15.7. The van der Waals surface area contributed by atoms with E-state index in [1.165, 1.54) is 0 Å². The summed E-state index contributed by atoms with van der Waals surface area (Å²) in [5, 5.41) is 9.46. The van der Waals surface area contributed by atoms with Gasteiger partial charge in [0.05, 0.1) is 11.8 Å². The lowest BCUT2D eigenvalue weighted by Gasteiger charge is -2.30. The minimum absolute atomic E-state index is 0.255. The first-order valence-electron chi connectivity index (χ1n) is 5.63. The van der Waals surface area contributed by atoms with Crippen molar-refractivity contribution in [2.24, 2.45) is 0 Å². The number of Topliss-reactive ketones (excluding diaryl/α,β-unsaturated/α-hetero) is 1. The fraction of sp³-hybridized carbons (Fsp3) is 0.462. The molecule has 17 heavy (non-hydrogen) atoms. The molecule has 0 bridgehead atoms. The molecule has 0 saturated heterocycles. The fourth-order valence-corrected chi connectivity index (χ4v) is 2.84. The third-order valence-corrected chi connectivity index (χ3v) is 3.81. The Morgan fingerprint density at radius 3 is 2.65 bits per heavy atom. The van der Waals surface area contributed by atoms with Crippen molar-refractivity contribution in [2.75, 3.05) is 0 Å². The van der Waals surface area contributed by atoms with Gasteiger partial charge in [-0.2, -0.15) is 5.26 Å². The number of aromatic nitrogens is 1. The number of rotatable bonds is 1. The van der Waals surface area contributed by atoms with E-state index in [1.807, 2.05) is 13.0 Å². The second kappa shape index (κ2) is 4.58. The van der Waals surface area contributed by atoms with Crippen molar-refractivity contribution in [3.05, 3.63) is 28.0 Å². The Labute approximate surface area is 109 Å². The van der Waals surface area contributed by atoms with Crippen molar-refractivity contribution in [1.29, 1.82) is 5.26 Å². The van der Waals surface area contributed by atoms with Gasteiger partial charge in [0, 0.05) is 23.5 Å². The SMILES string of the molecule is Cc1cc(Br)cnc1C1(C#N)CCC(=O)CC1. The van der Waals surface area contributed by atoms with Crippen molar-refractivity contribution in [3.63, 3.8) is 0 Å². The third kappa shape index (κ3) is 2.25. The third-order valence-electron chi connectivity index (χ3n) is 3.37. The van der Waals surface area contributed by atoms with Crippen LogP contribution in [0.2, 0.25) is 0 Å². The molecule has 1 fully saturated rings. The van der Waals surface area contributed by atoms with E-state index in [4.69, 9.17) is 0 Å². The summed E-state index contributed by atoms with van der Waals surface area (Å²) in [7, 11) is 0. The number of halogens is 1. The number of hydrogen-bond acceptors (Lipinski definition) is 3. The smallest absolute Gasteiger partial charge is 0.133 e. The molecule has 1 saturated carbocycles. The molecule has 88 valence electrons. The van der Waals surface area contributed by atoms with Crippen LogP contribution in [-0.2, 0) is 10.2 Å². The Balaban J connectivity index is 2.42. The highest BCUT2D eigenvalue weighted by Crippen LogP contribution is 2.38. The largest absolute Gasteiger partial charge is 0.300 e. The molecule has 1 aromatic rings. The van der Waals surface area contributed by atoms with Crippen LogP contribution >= 0.6 is 15.9 Å². The maximum absolute atomic E-state index is 11.3. The van der Waals surface area contributed by atoms with Gasteiger partial charge < -0.3 is 0 Å². The Morgan fingerprint density at radius 2 is 2.12 bits per heavy atom. The van der Waals surface area contributed by atoms with E-state index in [-0.39, 0.29) is 5.78 Å². The average Bonchev–Trinajstić information content (AvgIpc) is 2.31. The quantitative estimate of drug-likeness (QED) is 0.799. The second-order valence-electron chi connectivity index (χ2n) is 4.55. The first-order chi connectivity index (χ1) is 8.07. The fourth-order valence-electron chi connectivity index (χ4n) is 2.40. The Kier molecular flexibility index (Phi) is 3.30. The second-order valence-corrected chi connectivity index (χ2v) is 5.47. The highest BCUT2D eigenvalue weighted by atomic mass is 79.9. The van der Waals surface area contributed by atoms with Crippen molar-refractivity contribution < 1.29 is 4.79 Å². The molecular formula is C13H13BrN2O. The Morgan fingerprint density at radius 1 is 1.47 bits per heavy atom. The maximum Gasteiger partial charge on any atom is 0.133 e. The number of aryl methyl sites for hydroxylation is 1. The number of nitriles is 1. The molecule has 4 heteroatoms.